The third-order valence-electron chi connectivity index (χ3n) is 1.43. The quantitative estimate of drug-likeness (QED) is 0.513. The zero-order valence-corrected chi connectivity index (χ0v) is 6.83. The van der Waals surface area contributed by atoms with Gasteiger partial charge in [0.05, 0.1) is 6.21 Å². The number of Topliss-reactive ketones (excluding diaryl/α,β-unsaturated/α-hetero) is 1. The summed E-state index contributed by atoms with van der Waals surface area (Å²) in [6, 6.07) is 1.15. The highest BCUT2D eigenvalue weighted by molar-refractivity contribution is 6.34. The first-order valence-electron chi connectivity index (χ1n) is 3.44. The summed E-state index contributed by atoms with van der Waals surface area (Å²) in [5.74, 6) is -1.11. The number of carbonyl (C=O) groups is 1. The van der Waals surface area contributed by atoms with Crippen LogP contribution in [-0.4, -0.2) is 17.1 Å². The van der Waals surface area contributed by atoms with Crippen LogP contribution in [-0.2, 0) is 0 Å². The molecule has 0 fully saturated rings. The van der Waals surface area contributed by atoms with Crippen LogP contribution >= 0.6 is 0 Å². The van der Waals surface area contributed by atoms with Crippen molar-refractivity contribution < 1.29 is 14.3 Å². The minimum atomic E-state index is -0.925. The molecule has 5 nitrogen and oxygen atoms in total. The summed E-state index contributed by atoms with van der Waals surface area (Å²) in [6.07, 6.45) is 0.446. The van der Waals surface area contributed by atoms with Crippen molar-refractivity contribution in [1.29, 1.82) is 5.41 Å². The van der Waals surface area contributed by atoms with Crippen molar-refractivity contribution in [1.82, 2.24) is 0 Å². The summed E-state index contributed by atoms with van der Waals surface area (Å²) in [7, 11) is 0. The summed E-state index contributed by atoms with van der Waals surface area (Å²) in [6.45, 7) is 1.47. The van der Waals surface area contributed by atoms with Gasteiger partial charge in [-0.2, -0.15) is 0 Å². The van der Waals surface area contributed by atoms with Crippen LogP contribution in [0, 0.1) is 12.3 Å². The Bertz CT molecular complexity index is 419. The lowest BCUT2D eigenvalue weighted by atomic mass is 10.2. The Kier molecular flexibility index (Phi) is 2.27. The van der Waals surface area contributed by atoms with Crippen molar-refractivity contribution in [3.8, 4) is 5.75 Å². The van der Waals surface area contributed by atoms with Gasteiger partial charge in [0.1, 0.15) is 11.5 Å². The minimum Gasteiger partial charge on any atom is -0.507 e. The van der Waals surface area contributed by atoms with Crippen LogP contribution < -0.4 is 5.63 Å². The first-order valence-corrected chi connectivity index (χ1v) is 3.44. The molecule has 0 saturated carbocycles. The highest BCUT2D eigenvalue weighted by atomic mass is 16.4. The van der Waals surface area contributed by atoms with Gasteiger partial charge >= 0.3 is 5.63 Å². The molecule has 0 amide bonds. The van der Waals surface area contributed by atoms with Crippen LogP contribution in [0.4, 0.5) is 0 Å². The molecule has 0 bridgehead atoms. The van der Waals surface area contributed by atoms with E-state index in [1.807, 2.05) is 0 Å². The van der Waals surface area contributed by atoms with E-state index in [9.17, 15) is 14.7 Å². The Hall–Kier alpha value is -1.91. The third kappa shape index (κ3) is 1.64. The van der Waals surface area contributed by atoms with E-state index in [1.54, 1.807) is 0 Å². The summed E-state index contributed by atoms with van der Waals surface area (Å²) in [5.41, 5.74) is -1.42. The molecule has 0 radical (unpaired) electrons. The Labute approximate surface area is 73.1 Å². The molecular weight excluding hydrogens is 174 g/mol. The van der Waals surface area contributed by atoms with Gasteiger partial charge in [-0.15, -0.1) is 0 Å². The van der Waals surface area contributed by atoms with Crippen molar-refractivity contribution in [2.24, 2.45) is 0 Å². The lowest BCUT2D eigenvalue weighted by Crippen LogP contribution is -2.15. The molecule has 0 aliphatic carbocycles. The zero-order valence-electron chi connectivity index (χ0n) is 6.83. The molecule has 1 aromatic rings. The summed E-state index contributed by atoms with van der Waals surface area (Å²) in [4.78, 5) is 21.9. The molecule has 0 aliphatic rings. The highest BCUT2D eigenvalue weighted by Crippen LogP contribution is 2.13. The molecule has 13 heavy (non-hydrogen) atoms. The average molecular weight is 181 g/mol. The first kappa shape index (κ1) is 9.18. The molecule has 0 saturated heterocycles. The van der Waals surface area contributed by atoms with Crippen molar-refractivity contribution in [2.75, 3.05) is 0 Å². The van der Waals surface area contributed by atoms with E-state index < -0.39 is 22.7 Å². The summed E-state index contributed by atoms with van der Waals surface area (Å²) >= 11 is 0. The Morgan fingerprint density at radius 1 is 1.69 bits per heavy atom. The lowest BCUT2D eigenvalue weighted by Gasteiger charge is -1.98. The van der Waals surface area contributed by atoms with Crippen molar-refractivity contribution >= 4 is 12.0 Å². The maximum Gasteiger partial charge on any atom is 0.351 e. The Morgan fingerprint density at radius 3 is 2.77 bits per heavy atom. The van der Waals surface area contributed by atoms with E-state index in [0.717, 1.165) is 6.07 Å². The fourth-order valence-electron chi connectivity index (χ4n) is 0.895. The van der Waals surface area contributed by atoms with Gasteiger partial charge in [0.25, 0.3) is 0 Å². The van der Waals surface area contributed by atoms with Crippen LogP contribution in [0.25, 0.3) is 0 Å². The first-order chi connectivity index (χ1) is 6.06. The highest BCUT2D eigenvalue weighted by Gasteiger charge is 2.15. The minimum absolute atomic E-state index is 0.212. The molecule has 0 spiro atoms. The SMILES string of the molecule is Cc1cc(O)c(C(=O)C=N)c(=O)o1. The second-order valence-corrected chi connectivity index (χ2v) is 2.41. The van der Waals surface area contributed by atoms with Gasteiger partial charge in [0.2, 0.25) is 5.78 Å². The second-order valence-electron chi connectivity index (χ2n) is 2.41. The predicted molar refractivity (Wildman–Crippen MR) is 44.5 cm³/mol. The lowest BCUT2D eigenvalue weighted by molar-refractivity contribution is 0.106. The number of nitrogens with one attached hydrogen (secondary N) is 1. The van der Waals surface area contributed by atoms with E-state index >= 15 is 0 Å². The third-order valence-corrected chi connectivity index (χ3v) is 1.43. The topological polar surface area (TPSA) is 91.4 Å². The van der Waals surface area contributed by atoms with Gasteiger partial charge in [-0.05, 0) is 6.92 Å². The van der Waals surface area contributed by atoms with E-state index in [-0.39, 0.29) is 5.76 Å². The van der Waals surface area contributed by atoms with Crippen LogP contribution in [0.1, 0.15) is 16.1 Å². The van der Waals surface area contributed by atoms with Gasteiger partial charge in [-0.3, -0.25) is 4.79 Å². The monoisotopic (exact) mass is 181 g/mol. The molecule has 0 unspecified atom stereocenters. The number of ketones is 1. The zero-order chi connectivity index (χ0) is 10.0. The number of rotatable bonds is 2. The van der Waals surface area contributed by atoms with Crippen LogP contribution in [0.5, 0.6) is 5.75 Å². The van der Waals surface area contributed by atoms with Crippen LogP contribution in [0.15, 0.2) is 15.3 Å². The smallest absolute Gasteiger partial charge is 0.351 e. The maximum absolute atomic E-state index is 11.0. The van der Waals surface area contributed by atoms with Crippen molar-refractivity contribution in [2.45, 2.75) is 6.92 Å². The molecule has 5 heteroatoms. The molecule has 1 rings (SSSR count). The summed E-state index contributed by atoms with van der Waals surface area (Å²) < 4.78 is 4.57. The van der Waals surface area contributed by atoms with E-state index in [4.69, 9.17) is 5.41 Å². The number of hydrogen-bond acceptors (Lipinski definition) is 5. The standard InChI is InChI=1S/C8H7NO4/c1-4-2-5(10)7(6(11)3-9)8(12)13-4/h2-3,9-10H,1H3. The fourth-order valence-corrected chi connectivity index (χ4v) is 0.895. The maximum atomic E-state index is 11.0. The van der Waals surface area contributed by atoms with Gasteiger partial charge in [-0.1, -0.05) is 0 Å². The average Bonchev–Trinajstić information content (AvgIpc) is 2.02. The molecule has 0 aromatic carbocycles. The number of carbonyl (C=O) groups excluding carboxylic acids is 1. The fraction of sp³-hybridized carbons (Fsp3) is 0.125. The van der Waals surface area contributed by atoms with Gasteiger partial charge in [0.15, 0.2) is 5.56 Å². The van der Waals surface area contributed by atoms with Crippen LogP contribution in [0.2, 0.25) is 0 Å². The van der Waals surface area contributed by atoms with Crippen LogP contribution in [0.3, 0.4) is 0 Å². The normalized spacial score (nSPS) is 9.62. The van der Waals surface area contributed by atoms with Crippen molar-refractivity contribution in [3.63, 3.8) is 0 Å². The van der Waals surface area contributed by atoms with Gasteiger partial charge in [-0.25, -0.2) is 4.79 Å². The molecule has 1 heterocycles. The van der Waals surface area contributed by atoms with Gasteiger partial charge in [0, 0.05) is 6.07 Å². The molecular formula is C8H7NO4. The Balaban J connectivity index is 3.46. The summed E-state index contributed by atoms with van der Waals surface area (Å²) in [5, 5.41) is 15.8. The number of aromatic hydroxyl groups is 1. The predicted octanol–water partition coefficient (Wildman–Crippen LogP) is 0.486. The van der Waals surface area contributed by atoms with Gasteiger partial charge < -0.3 is 14.9 Å². The largest absolute Gasteiger partial charge is 0.507 e. The number of aryl methyl sites for hydroxylation is 1. The van der Waals surface area contributed by atoms with E-state index in [2.05, 4.69) is 4.42 Å². The van der Waals surface area contributed by atoms with E-state index in [1.165, 1.54) is 6.92 Å². The molecule has 1 aromatic heterocycles. The van der Waals surface area contributed by atoms with Crippen molar-refractivity contribution in [3.05, 3.63) is 27.8 Å². The second kappa shape index (κ2) is 3.22. The van der Waals surface area contributed by atoms with E-state index in [0.29, 0.717) is 6.21 Å². The Morgan fingerprint density at radius 2 is 2.31 bits per heavy atom. The molecule has 2 N–H and O–H groups in total. The molecule has 68 valence electrons. The molecule has 0 aliphatic heterocycles. The molecule has 0 atom stereocenters. The number of hydrogen-bond donors (Lipinski definition) is 2.